The maximum Gasteiger partial charge on any atom is 0.205 e. The Morgan fingerprint density at radius 3 is 2.33 bits per heavy atom. The number of hydrogen-bond acceptors (Lipinski definition) is 3. The molecule has 3 nitrogen and oxygen atoms in total. The van der Waals surface area contributed by atoms with Crippen LogP contribution in [0.2, 0.25) is 0 Å². The molecule has 0 saturated carbocycles. The SMILES string of the molecule is CCCCCCCCCNC1=C(OCC)C(=O)C1. The summed E-state index contributed by atoms with van der Waals surface area (Å²) in [6.45, 7) is 5.69. The van der Waals surface area contributed by atoms with Crippen molar-refractivity contribution < 1.29 is 9.53 Å². The number of carbonyl (C=O) groups is 1. The Morgan fingerprint density at radius 1 is 1.06 bits per heavy atom. The van der Waals surface area contributed by atoms with Gasteiger partial charge in [0.25, 0.3) is 0 Å². The second kappa shape index (κ2) is 9.01. The predicted octanol–water partition coefficient (Wildman–Crippen LogP) is 3.55. The van der Waals surface area contributed by atoms with Gasteiger partial charge in [-0.3, -0.25) is 4.79 Å². The molecule has 18 heavy (non-hydrogen) atoms. The molecule has 0 fully saturated rings. The highest BCUT2D eigenvalue weighted by atomic mass is 16.5. The molecule has 0 unspecified atom stereocenters. The van der Waals surface area contributed by atoms with Crippen LogP contribution in [0.4, 0.5) is 0 Å². The van der Waals surface area contributed by atoms with Crippen molar-refractivity contribution in [3.8, 4) is 0 Å². The third-order valence-corrected chi connectivity index (χ3v) is 3.27. The molecule has 0 amide bonds. The van der Waals surface area contributed by atoms with Gasteiger partial charge >= 0.3 is 0 Å². The van der Waals surface area contributed by atoms with E-state index in [-0.39, 0.29) is 5.78 Å². The number of rotatable bonds is 11. The average molecular weight is 253 g/mol. The topological polar surface area (TPSA) is 38.3 Å². The summed E-state index contributed by atoms with van der Waals surface area (Å²) in [6, 6.07) is 0. The van der Waals surface area contributed by atoms with Crippen molar-refractivity contribution in [3.63, 3.8) is 0 Å². The summed E-state index contributed by atoms with van der Waals surface area (Å²) in [5.41, 5.74) is 1.01. The third kappa shape index (κ3) is 5.11. The number of Topliss-reactive ketones (excluding diaryl/α,β-unsaturated/α-hetero) is 1. The molecule has 3 heteroatoms. The first-order valence-corrected chi connectivity index (χ1v) is 7.42. The summed E-state index contributed by atoms with van der Waals surface area (Å²) >= 11 is 0. The maximum absolute atomic E-state index is 11.2. The molecule has 0 aromatic heterocycles. The lowest BCUT2D eigenvalue weighted by atomic mass is 10.0. The molecule has 0 heterocycles. The van der Waals surface area contributed by atoms with Crippen LogP contribution in [0.25, 0.3) is 0 Å². The van der Waals surface area contributed by atoms with Crippen molar-refractivity contribution in [1.29, 1.82) is 0 Å². The van der Waals surface area contributed by atoms with Crippen LogP contribution in [-0.4, -0.2) is 18.9 Å². The lowest BCUT2D eigenvalue weighted by molar-refractivity contribution is -0.120. The minimum atomic E-state index is 0.138. The van der Waals surface area contributed by atoms with Crippen LogP contribution in [0.5, 0.6) is 0 Å². The molecule has 0 saturated heterocycles. The van der Waals surface area contributed by atoms with Gasteiger partial charge in [0.2, 0.25) is 5.78 Å². The first kappa shape index (κ1) is 15.1. The van der Waals surface area contributed by atoms with Crippen LogP contribution in [0.15, 0.2) is 11.5 Å². The van der Waals surface area contributed by atoms with Gasteiger partial charge in [0.1, 0.15) is 0 Å². The van der Waals surface area contributed by atoms with Crippen LogP contribution < -0.4 is 5.32 Å². The number of carbonyl (C=O) groups excluding carboxylic acids is 1. The molecule has 1 rings (SSSR count). The number of ether oxygens (including phenoxy) is 1. The molecule has 0 aromatic carbocycles. The maximum atomic E-state index is 11.2. The highest BCUT2D eigenvalue weighted by molar-refractivity contribution is 6.02. The number of hydrogen-bond donors (Lipinski definition) is 1. The molecule has 104 valence electrons. The number of nitrogens with one attached hydrogen (secondary N) is 1. The molecule has 0 spiro atoms. The molecular formula is C15H27NO2. The van der Waals surface area contributed by atoms with Gasteiger partial charge in [-0.2, -0.15) is 0 Å². The van der Waals surface area contributed by atoms with Crippen molar-refractivity contribution in [2.45, 2.75) is 65.2 Å². The molecular weight excluding hydrogens is 226 g/mol. The largest absolute Gasteiger partial charge is 0.488 e. The zero-order valence-electron chi connectivity index (χ0n) is 11.9. The van der Waals surface area contributed by atoms with E-state index in [0.29, 0.717) is 18.8 Å². The molecule has 0 aromatic rings. The summed E-state index contributed by atoms with van der Waals surface area (Å²) in [5.74, 6) is 0.708. The van der Waals surface area contributed by atoms with E-state index < -0.39 is 0 Å². The summed E-state index contributed by atoms with van der Waals surface area (Å²) in [6.07, 6.45) is 9.74. The lowest BCUT2D eigenvalue weighted by Gasteiger charge is -2.23. The Labute approximate surface area is 111 Å². The van der Waals surface area contributed by atoms with Crippen molar-refractivity contribution >= 4 is 5.78 Å². The summed E-state index contributed by atoms with van der Waals surface area (Å²) in [7, 11) is 0. The Bertz CT molecular complexity index is 284. The molecule has 0 aliphatic heterocycles. The van der Waals surface area contributed by atoms with Crippen molar-refractivity contribution in [3.05, 3.63) is 11.5 Å². The predicted molar refractivity (Wildman–Crippen MR) is 74.3 cm³/mol. The first-order chi connectivity index (χ1) is 8.79. The second-order valence-corrected chi connectivity index (χ2v) is 4.89. The van der Waals surface area contributed by atoms with Crippen LogP contribution in [0, 0.1) is 0 Å². The van der Waals surface area contributed by atoms with Crippen LogP contribution in [0.1, 0.15) is 65.2 Å². The first-order valence-electron chi connectivity index (χ1n) is 7.42. The quantitative estimate of drug-likeness (QED) is 0.572. The fraction of sp³-hybridized carbons (Fsp3) is 0.800. The highest BCUT2D eigenvalue weighted by Crippen LogP contribution is 2.22. The monoisotopic (exact) mass is 253 g/mol. The lowest BCUT2D eigenvalue weighted by Crippen LogP contribution is -2.30. The summed E-state index contributed by atoms with van der Waals surface area (Å²) < 4.78 is 5.29. The van der Waals surface area contributed by atoms with E-state index in [1.165, 1.54) is 44.9 Å². The van der Waals surface area contributed by atoms with Crippen LogP contribution in [0.3, 0.4) is 0 Å². The minimum absolute atomic E-state index is 0.138. The summed E-state index contributed by atoms with van der Waals surface area (Å²) in [4.78, 5) is 11.2. The number of unbranched alkanes of at least 4 members (excludes halogenated alkanes) is 6. The van der Waals surface area contributed by atoms with Gasteiger partial charge in [-0.05, 0) is 13.3 Å². The molecule has 1 aliphatic rings. The molecule has 0 atom stereocenters. The Balaban J connectivity index is 2.00. The van der Waals surface area contributed by atoms with Crippen molar-refractivity contribution in [2.75, 3.05) is 13.2 Å². The smallest absolute Gasteiger partial charge is 0.205 e. The van der Waals surface area contributed by atoms with E-state index in [1.807, 2.05) is 6.92 Å². The second-order valence-electron chi connectivity index (χ2n) is 4.89. The Kier molecular flexibility index (Phi) is 7.54. The zero-order chi connectivity index (χ0) is 13.2. The Hall–Kier alpha value is -0.990. The molecule has 0 bridgehead atoms. The van der Waals surface area contributed by atoms with Gasteiger partial charge < -0.3 is 10.1 Å². The van der Waals surface area contributed by atoms with Gasteiger partial charge in [0.15, 0.2) is 5.76 Å². The molecule has 1 N–H and O–H groups in total. The van der Waals surface area contributed by atoms with E-state index in [2.05, 4.69) is 12.2 Å². The van der Waals surface area contributed by atoms with E-state index >= 15 is 0 Å². The standard InChI is InChI=1S/C15H27NO2/c1-3-5-6-7-8-9-10-11-16-13-12-14(17)15(13)18-4-2/h16H,3-12H2,1-2H3. The highest BCUT2D eigenvalue weighted by Gasteiger charge is 2.28. The zero-order valence-corrected chi connectivity index (χ0v) is 11.9. The van der Waals surface area contributed by atoms with Crippen LogP contribution >= 0.6 is 0 Å². The van der Waals surface area contributed by atoms with Gasteiger partial charge in [0, 0.05) is 6.54 Å². The van der Waals surface area contributed by atoms with Gasteiger partial charge in [0.05, 0.1) is 18.7 Å². The van der Waals surface area contributed by atoms with E-state index in [0.717, 1.165) is 12.2 Å². The average Bonchev–Trinajstić information content (AvgIpc) is 2.37. The van der Waals surface area contributed by atoms with E-state index in [9.17, 15) is 4.79 Å². The van der Waals surface area contributed by atoms with Crippen molar-refractivity contribution in [2.24, 2.45) is 0 Å². The number of ketones is 1. The molecule has 0 radical (unpaired) electrons. The normalized spacial score (nSPS) is 14.7. The van der Waals surface area contributed by atoms with E-state index in [1.54, 1.807) is 0 Å². The van der Waals surface area contributed by atoms with Gasteiger partial charge in [-0.25, -0.2) is 0 Å². The third-order valence-electron chi connectivity index (χ3n) is 3.27. The number of allylic oxidation sites excluding steroid dienone is 2. The molecule has 1 aliphatic carbocycles. The fourth-order valence-electron chi connectivity index (χ4n) is 2.16. The Morgan fingerprint density at radius 2 is 1.72 bits per heavy atom. The van der Waals surface area contributed by atoms with Gasteiger partial charge in [-0.1, -0.05) is 45.4 Å². The van der Waals surface area contributed by atoms with Crippen molar-refractivity contribution in [1.82, 2.24) is 5.32 Å². The summed E-state index contributed by atoms with van der Waals surface area (Å²) in [5, 5.41) is 3.32. The van der Waals surface area contributed by atoms with E-state index in [4.69, 9.17) is 4.74 Å². The van der Waals surface area contributed by atoms with Crippen LogP contribution in [-0.2, 0) is 9.53 Å². The minimum Gasteiger partial charge on any atom is -0.488 e. The van der Waals surface area contributed by atoms with Gasteiger partial charge in [-0.15, -0.1) is 0 Å². The fourth-order valence-corrected chi connectivity index (χ4v) is 2.16.